The number of thiazole rings is 1. The average Bonchev–Trinajstić information content (AvgIpc) is 3.20. The Kier molecular flexibility index (Phi) is 6.09. The lowest BCUT2D eigenvalue weighted by atomic mass is 10.1. The first-order valence-electron chi connectivity index (χ1n) is 9.42. The van der Waals surface area contributed by atoms with Gasteiger partial charge >= 0.3 is 0 Å². The Morgan fingerprint density at radius 3 is 2.48 bits per heavy atom. The van der Waals surface area contributed by atoms with E-state index in [4.69, 9.17) is 14.3 Å². The number of rotatable bonds is 7. The van der Waals surface area contributed by atoms with E-state index in [1.807, 2.05) is 42.5 Å². The van der Waals surface area contributed by atoms with Gasteiger partial charge in [0.05, 0.1) is 15.8 Å². The number of hydrogen-bond donors (Lipinski definition) is 1. The van der Waals surface area contributed by atoms with Gasteiger partial charge in [-0.05, 0) is 36.4 Å². The fourth-order valence-corrected chi connectivity index (χ4v) is 3.73. The molecule has 3 aromatic carbocycles. The number of oxime groups is 1. The molecule has 0 aliphatic heterocycles. The molecule has 0 radical (unpaired) electrons. The molecule has 0 saturated carbocycles. The van der Waals surface area contributed by atoms with Gasteiger partial charge in [-0.15, -0.1) is 0 Å². The van der Waals surface area contributed by atoms with Crippen molar-refractivity contribution in [3.05, 3.63) is 78.4 Å². The summed E-state index contributed by atoms with van der Waals surface area (Å²) >= 11 is 1.47. The third kappa shape index (κ3) is 4.65. The quantitative estimate of drug-likeness (QED) is 0.328. The van der Waals surface area contributed by atoms with Gasteiger partial charge < -0.3 is 19.6 Å². The maximum absolute atomic E-state index is 12.2. The van der Waals surface area contributed by atoms with Gasteiger partial charge in [-0.3, -0.25) is 4.79 Å². The summed E-state index contributed by atoms with van der Waals surface area (Å²) in [7, 11) is 2.91. The lowest BCUT2D eigenvalue weighted by Crippen LogP contribution is -2.28. The summed E-state index contributed by atoms with van der Waals surface area (Å²) in [5.41, 5.74) is 1.51. The van der Waals surface area contributed by atoms with Crippen LogP contribution >= 0.6 is 11.3 Å². The third-order valence-corrected chi connectivity index (χ3v) is 5.19. The molecule has 0 spiro atoms. The minimum absolute atomic E-state index is 0.113. The molecular formula is C23H19N3O4S. The van der Waals surface area contributed by atoms with Crippen LogP contribution in [0.2, 0.25) is 0 Å². The zero-order chi connectivity index (χ0) is 21.6. The highest BCUT2D eigenvalue weighted by Gasteiger charge is 2.19. The summed E-state index contributed by atoms with van der Waals surface area (Å²) in [6.45, 7) is 0. The van der Waals surface area contributed by atoms with Gasteiger partial charge in [-0.25, -0.2) is 4.98 Å². The van der Waals surface area contributed by atoms with Gasteiger partial charge in [0.1, 0.15) is 24.4 Å². The molecule has 0 atom stereocenters. The zero-order valence-electron chi connectivity index (χ0n) is 16.9. The summed E-state index contributed by atoms with van der Waals surface area (Å²) in [6, 6.07) is 22.2. The van der Waals surface area contributed by atoms with E-state index < -0.39 is 0 Å². The van der Waals surface area contributed by atoms with Crippen molar-refractivity contribution < 1.29 is 19.1 Å². The summed E-state index contributed by atoms with van der Waals surface area (Å²) in [6.07, 6.45) is 0. The van der Waals surface area contributed by atoms with Crippen LogP contribution in [0.15, 0.2) is 78.0 Å². The highest BCUT2D eigenvalue weighted by molar-refractivity contribution is 7.20. The topological polar surface area (TPSA) is 82.0 Å². The van der Waals surface area contributed by atoms with E-state index in [9.17, 15) is 4.79 Å². The Morgan fingerprint density at radius 1 is 0.968 bits per heavy atom. The van der Waals surface area contributed by atoms with Crippen molar-refractivity contribution in [2.45, 2.75) is 0 Å². The Hall–Kier alpha value is -3.91. The molecule has 7 nitrogen and oxygen atoms in total. The molecule has 0 aliphatic rings. The van der Waals surface area contributed by atoms with Crippen molar-refractivity contribution in [3.63, 3.8) is 0 Å². The van der Waals surface area contributed by atoms with Crippen molar-refractivity contribution in [2.75, 3.05) is 14.2 Å². The Bertz CT molecular complexity index is 1220. The van der Waals surface area contributed by atoms with Crippen LogP contribution in [0, 0.1) is 0 Å². The fourth-order valence-electron chi connectivity index (χ4n) is 2.90. The summed E-state index contributed by atoms with van der Waals surface area (Å²) in [4.78, 5) is 21.6. The van der Waals surface area contributed by atoms with Gasteiger partial charge in [0.25, 0.3) is 11.1 Å². The first-order valence-corrected chi connectivity index (χ1v) is 10.2. The van der Waals surface area contributed by atoms with Crippen molar-refractivity contribution in [2.24, 2.45) is 5.16 Å². The number of amides is 1. The zero-order valence-corrected chi connectivity index (χ0v) is 17.7. The van der Waals surface area contributed by atoms with Crippen LogP contribution in [0.25, 0.3) is 10.2 Å². The van der Waals surface area contributed by atoms with Gasteiger partial charge in [0, 0.05) is 13.1 Å². The van der Waals surface area contributed by atoms with Crippen molar-refractivity contribution in [1.82, 2.24) is 10.3 Å². The molecule has 0 unspecified atom stereocenters. The van der Waals surface area contributed by atoms with Crippen LogP contribution in [0.3, 0.4) is 0 Å². The van der Waals surface area contributed by atoms with Crippen LogP contribution in [-0.2, 0) is 9.63 Å². The molecule has 1 amide bonds. The number of para-hydroxylation sites is 2. The molecule has 0 saturated heterocycles. The minimum Gasteiger partial charge on any atom is -0.457 e. The lowest BCUT2D eigenvalue weighted by Gasteiger charge is -2.12. The predicted molar refractivity (Wildman–Crippen MR) is 120 cm³/mol. The Balaban J connectivity index is 1.59. The molecule has 0 aliphatic carbocycles. The maximum Gasteiger partial charge on any atom is 0.279 e. The highest BCUT2D eigenvalue weighted by Crippen LogP contribution is 2.34. The van der Waals surface area contributed by atoms with Gasteiger partial charge in [0.2, 0.25) is 0 Å². The van der Waals surface area contributed by atoms with Crippen molar-refractivity contribution in [1.29, 1.82) is 0 Å². The number of nitrogens with zero attached hydrogens (tertiary/aromatic N) is 2. The molecule has 0 fully saturated rings. The van der Waals surface area contributed by atoms with E-state index in [-0.39, 0.29) is 11.6 Å². The van der Waals surface area contributed by atoms with Crippen LogP contribution in [0.1, 0.15) is 5.56 Å². The maximum atomic E-state index is 12.2. The number of carbonyl (C=O) groups is 1. The Morgan fingerprint density at radius 2 is 1.71 bits per heavy atom. The normalized spacial score (nSPS) is 11.2. The molecule has 1 N–H and O–H groups in total. The van der Waals surface area contributed by atoms with E-state index in [0.29, 0.717) is 28.0 Å². The molecule has 31 heavy (non-hydrogen) atoms. The molecule has 4 rings (SSSR count). The van der Waals surface area contributed by atoms with Crippen LogP contribution in [0.5, 0.6) is 22.4 Å². The van der Waals surface area contributed by atoms with E-state index in [2.05, 4.69) is 15.5 Å². The standard InChI is InChI=1S/C23H19N3O4S/c1-24-22(27)21(26-28-2)17-10-3-5-12-19(17)29-15-8-7-9-16(14-15)30-23-25-18-11-4-6-13-20(18)31-23/h3-14H,1-2H3,(H,24,27)/b26-21+. The summed E-state index contributed by atoms with van der Waals surface area (Å²) in [5, 5.41) is 6.96. The molecule has 1 heterocycles. The second-order valence-electron chi connectivity index (χ2n) is 6.32. The fraction of sp³-hybridized carbons (Fsp3) is 0.0870. The smallest absolute Gasteiger partial charge is 0.279 e. The van der Waals surface area contributed by atoms with E-state index >= 15 is 0 Å². The van der Waals surface area contributed by atoms with E-state index in [1.54, 1.807) is 30.3 Å². The van der Waals surface area contributed by atoms with Gasteiger partial charge in [-0.1, -0.05) is 46.8 Å². The largest absolute Gasteiger partial charge is 0.457 e. The molecule has 8 heteroatoms. The number of ether oxygens (including phenoxy) is 2. The van der Waals surface area contributed by atoms with Crippen LogP contribution in [-0.4, -0.2) is 30.8 Å². The second kappa shape index (κ2) is 9.27. The SMILES string of the molecule is CNC(=O)/C(=N/OC)c1ccccc1Oc1cccc(Oc2nc3ccccc3s2)c1. The van der Waals surface area contributed by atoms with Crippen LogP contribution in [0.4, 0.5) is 0 Å². The molecule has 4 aromatic rings. The van der Waals surface area contributed by atoms with Crippen molar-refractivity contribution in [3.8, 4) is 22.4 Å². The molecule has 0 bridgehead atoms. The number of hydrogen-bond acceptors (Lipinski definition) is 7. The highest BCUT2D eigenvalue weighted by atomic mass is 32.1. The van der Waals surface area contributed by atoms with Gasteiger partial charge in [0.15, 0.2) is 5.71 Å². The van der Waals surface area contributed by atoms with E-state index in [0.717, 1.165) is 10.2 Å². The monoisotopic (exact) mass is 433 g/mol. The number of aromatic nitrogens is 1. The second-order valence-corrected chi connectivity index (χ2v) is 7.32. The van der Waals surface area contributed by atoms with Gasteiger partial charge in [-0.2, -0.15) is 0 Å². The predicted octanol–water partition coefficient (Wildman–Crippen LogP) is 4.98. The third-order valence-electron chi connectivity index (χ3n) is 4.28. The molecule has 156 valence electrons. The van der Waals surface area contributed by atoms with Crippen molar-refractivity contribution >= 4 is 33.2 Å². The lowest BCUT2D eigenvalue weighted by molar-refractivity contribution is -0.114. The summed E-state index contributed by atoms with van der Waals surface area (Å²) < 4.78 is 13.0. The molecule has 1 aromatic heterocycles. The first kappa shape index (κ1) is 20.4. The van der Waals surface area contributed by atoms with Crippen LogP contribution < -0.4 is 14.8 Å². The Labute approximate surface area is 182 Å². The number of benzene rings is 3. The van der Waals surface area contributed by atoms with E-state index in [1.165, 1.54) is 25.5 Å². The first-order chi connectivity index (χ1) is 15.2. The number of carbonyl (C=O) groups excluding carboxylic acids is 1. The number of nitrogens with one attached hydrogen (secondary N) is 1. The number of fused-ring (bicyclic) bond motifs is 1. The summed E-state index contributed by atoms with van der Waals surface area (Å²) in [5.74, 6) is 1.20. The average molecular weight is 433 g/mol. The molecular weight excluding hydrogens is 414 g/mol. The number of likely N-dealkylation sites (N-methyl/N-ethyl adjacent to an activating group) is 1. The minimum atomic E-state index is -0.384.